The van der Waals surface area contributed by atoms with Crippen LogP contribution in [0.1, 0.15) is 51.5 Å². The largest absolute Gasteiger partial charge is 0.314 e. The van der Waals surface area contributed by atoms with Crippen LogP contribution in [0.4, 0.5) is 8.78 Å². The summed E-state index contributed by atoms with van der Waals surface area (Å²) in [6.45, 7) is 5.25. The summed E-state index contributed by atoms with van der Waals surface area (Å²) in [5.74, 6) is -0.976. The molecule has 0 aliphatic carbocycles. The highest BCUT2D eigenvalue weighted by Gasteiger charge is 2.10. The second kappa shape index (κ2) is 9.03. The highest BCUT2D eigenvalue weighted by atomic mass is 19.1. The van der Waals surface area contributed by atoms with Crippen LogP contribution in [0.15, 0.2) is 18.2 Å². The van der Waals surface area contributed by atoms with Crippen molar-refractivity contribution in [2.24, 2.45) is 0 Å². The van der Waals surface area contributed by atoms with Crippen molar-refractivity contribution in [3.8, 4) is 0 Å². The molecule has 1 unspecified atom stereocenters. The van der Waals surface area contributed by atoms with Crippen molar-refractivity contribution in [1.29, 1.82) is 0 Å². The van der Waals surface area contributed by atoms with E-state index in [1.807, 2.05) is 0 Å². The standard InChI is InChI=1S/C16H25F2N/c1-3-5-6-7-16(19-8-4-2)11-13-9-14(17)12-15(18)10-13/h9-10,12,16,19H,3-8,11H2,1-2H3. The highest BCUT2D eigenvalue weighted by molar-refractivity contribution is 5.19. The number of nitrogens with one attached hydrogen (secondary N) is 1. The van der Waals surface area contributed by atoms with Crippen LogP contribution < -0.4 is 5.32 Å². The lowest BCUT2D eigenvalue weighted by Gasteiger charge is -2.18. The summed E-state index contributed by atoms with van der Waals surface area (Å²) in [7, 11) is 0. The molecule has 0 aromatic heterocycles. The molecule has 108 valence electrons. The third-order valence-electron chi connectivity index (χ3n) is 3.24. The van der Waals surface area contributed by atoms with E-state index in [2.05, 4.69) is 19.2 Å². The number of hydrogen-bond acceptors (Lipinski definition) is 1. The molecule has 0 aliphatic heterocycles. The Morgan fingerprint density at radius 2 is 1.68 bits per heavy atom. The summed E-state index contributed by atoms with van der Waals surface area (Å²) >= 11 is 0. The van der Waals surface area contributed by atoms with E-state index in [1.165, 1.54) is 25.0 Å². The van der Waals surface area contributed by atoms with Gasteiger partial charge in [-0.3, -0.25) is 0 Å². The Kier molecular flexibility index (Phi) is 7.65. The minimum atomic E-state index is -0.488. The van der Waals surface area contributed by atoms with Gasteiger partial charge in [0.25, 0.3) is 0 Å². The Bertz CT molecular complexity index is 346. The maximum atomic E-state index is 13.2. The van der Waals surface area contributed by atoms with Gasteiger partial charge in [0.15, 0.2) is 0 Å². The first-order valence-corrected chi connectivity index (χ1v) is 7.34. The van der Waals surface area contributed by atoms with E-state index in [1.54, 1.807) is 0 Å². The third-order valence-corrected chi connectivity index (χ3v) is 3.24. The smallest absolute Gasteiger partial charge is 0.126 e. The number of rotatable bonds is 9. The molecule has 0 fully saturated rings. The summed E-state index contributed by atoms with van der Waals surface area (Å²) in [5.41, 5.74) is 0.739. The molecule has 0 saturated carbocycles. The monoisotopic (exact) mass is 269 g/mol. The number of halogens is 2. The second-order valence-corrected chi connectivity index (χ2v) is 5.13. The van der Waals surface area contributed by atoms with Crippen LogP contribution in [0, 0.1) is 11.6 Å². The molecule has 0 spiro atoms. The van der Waals surface area contributed by atoms with Gasteiger partial charge in [-0.05, 0) is 43.5 Å². The first-order valence-electron chi connectivity index (χ1n) is 7.34. The van der Waals surface area contributed by atoms with Gasteiger partial charge in [0.1, 0.15) is 11.6 Å². The van der Waals surface area contributed by atoms with Crippen LogP contribution in [-0.2, 0) is 6.42 Å². The summed E-state index contributed by atoms with van der Waals surface area (Å²) < 4.78 is 26.4. The molecule has 0 aliphatic rings. The van der Waals surface area contributed by atoms with Gasteiger partial charge < -0.3 is 5.32 Å². The molecule has 0 radical (unpaired) electrons. The molecule has 1 nitrogen and oxygen atoms in total. The average molecular weight is 269 g/mol. The fourth-order valence-corrected chi connectivity index (χ4v) is 2.28. The van der Waals surface area contributed by atoms with Crippen LogP contribution in [0.3, 0.4) is 0 Å². The quantitative estimate of drug-likeness (QED) is 0.653. The van der Waals surface area contributed by atoms with E-state index in [9.17, 15) is 8.78 Å². The molecule has 1 rings (SSSR count). The zero-order valence-electron chi connectivity index (χ0n) is 12.0. The summed E-state index contributed by atoms with van der Waals surface area (Å²) in [6, 6.07) is 4.11. The Morgan fingerprint density at radius 1 is 1.00 bits per heavy atom. The van der Waals surface area contributed by atoms with Crippen molar-refractivity contribution >= 4 is 0 Å². The van der Waals surface area contributed by atoms with Gasteiger partial charge in [0.2, 0.25) is 0 Å². The Morgan fingerprint density at radius 3 is 2.26 bits per heavy atom. The molecule has 1 atom stereocenters. The Labute approximate surface area is 115 Å². The second-order valence-electron chi connectivity index (χ2n) is 5.13. The van der Waals surface area contributed by atoms with Gasteiger partial charge in [0.05, 0.1) is 0 Å². The lowest BCUT2D eigenvalue weighted by atomic mass is 10.00. The van der Waals surface area contributed by atoms with E-state index in [-0.39, 0.29) is 0 Å². The van der Waals surface area contributed by atoms with Crippen LogP contribution in [0.25, 0.3) is 0 Å². The number of unbranched alkanes of at least 4 members (excludes halogenated alkanes) is 2. The average Bonchev–Trinajstić information content (AvgIpc) is 2.34. The molecular weight excluding hydrogens is 244 g/mol. The predicted molar refractivity (Wildman–Crippen MR) is 76.3 cm³/mol. The minimum Gasteiger partial charge on any atom is -0.314 e. The molecule has 0 bridgehead atoms. The predicted octanol–water partition coefficient (Wildman–Crippen LogP) is 4.46. The fourth-order valence-electron chi connectivity index (χ4n) is 2.28. The highest BCUT2D eigenvalue weighted by Crippen LogP contribution is 2.13. The van der Waals surface area contributed by atoms with Crippen molar-refractivity contribution in [2.75, 3.05) is 6.54 Å². The van der Waals surface area contributed by atoms with Gasteiger partial charge in [-0.15, -0.1) is 0 Å². The molecular formula is C16H25F2N. The fraction of sp³-hybridized carbons (Fsp3) is 0.625. The van der Waals surface area contributed by atoms with Crippen LogP contribution >= 0.6 is 0 Å². The first-order chi connectivity index (χ1) is 9.15. The normalized spacial score (nSPS) is 12.6. The maximum Gasteiger partial charge on any atom is 0.126 e. The van der Waals surface area contributed by atoms with E-state index in [0.29, 0.717) is 12.5 Å². The van der Waals surface area contributed by atoms with Crippen LogP contribution in [-0.4, -0.2) is 12.6 Å². The first kappa shape index (κ1) is 16.1. The molecule has 0 amide bonds. The SMILES string of the molecule is CCCCCC(Cc1cc(F)cc(F)c1)NCCC. The zero-order valence-corrected chi connectivity index (χ0v) is 12.0. The van der Waals surface area contributed by atoms with E-state index in [0.717, 1.165) is 37.4 Å². The third kappa shape index (κ3) is 6.67. The molecule has 0 saturated heterocycles. The van der Waals surface area contributed by atoms with Gasteiger partial charge in [-0.2, -0.15) is 0 Å². The van der Waals surface area contributed by atoms with E-state index in [4.69, 9.17) is 0 Å². The summed E-state index contributed by atoms with van der Waals surface area (Å²) in [6.07, 6.45) is 6.39. The topological polar surface area (TPSA) is 12.0 Å². The molecule has 19 heavy (non-hydrogen) atoms. The molecule has 3 heteroatoms. The molecule has 1 aromatic rings. The van der Waals surface area contributed by atoms with Crippen molar-refractivity contribution in [1.82, 2.24) is 5.32 Å². The minimum absolute atomic E-state index is 0.313. The van der Waals surface area contributed by atoms with Crippen molar-refractivity contribution in [3.05, 3.63) is 35.4 Å². The summed E-state index contributed by atoms with van der Waals surface area (Å²) in [4.78, 5) is 0. The zero-order chi connectivity index (χ0) is 14.1. The van der Waals surface area contributed by atoms with E-state index >= 15 is 0 Å². The van der Waals surface area contributed by atoms with Gasteiger partial charge >= 0.3 is 0 Å². The molecule has 1 aromatic carbocycles. The van der Waals surface area contributed by atoms with Gasteiger partial charge in [0, 0.05) is 12.1 Å². The van der Waals surface area contributed by atoms with Crippen LogP contribution in [0.5, 0.6) is 0 Å². The van der Waals surface area contributed by atoms with Crippen molar-refractivity contribution in [3.63, 3.8) is 0 Å². The molecule has 0 heterocycles. The Balaban J connectivity index is 2.58. The number of hydrogen-bond donors (Lipinski definition) is 1. The lowest BCUT2D eigenvalue weighted by molar-refractivity contribution is 0.454. The molecule has 1 N–H and O–H groups in total. The maximum absolute atomic E-state index is 13.2. The van der Waals surface area contributed by atoms with Crippen LogP contribution in [0.2, 0.25) is 0 Å². The van der Waals surface area contributed by atoms with Crippen molar-refractivity contribution < 1.29 is 8.78 Å². The van der Waals surface area contributed by atoms with Crippen molar-refractivity contribution in [2.45, 2.75) is 58.4 Å². The summed E-state index contributed by atoms with van der Waals surface area (Å²) in [5, 5.41) is 3.47. The van der Waals surface area contributed by atoms with Gasteiger partial charge in [-0.1, -0.05) is 33.1 Å². The van der Waals surface area contributed by atoms with Gasteiger partial charge in [-0.25, -0.2) is 8.78 Å². The Hall–Kier alpha value is -0.960. The number of benzene rings is 1. The lowest BCUT2D eigenvalue weighted by Crippen LogP contribution is -2.31. The van der Waals surface area contributed by atoms with E-state index < -0.39 is 11.6 Å².